The van der Waals surface area contributed by atoms with Crippen molar-refractivity contribution in [3.05, 3.63) is 46.1 Å². The van der Waals surface area contributed by atoms with E-state index in [0.717, 1.165) is 18.5 Å². The first-order chi connectivity index (χ1) is 10.1. The maximum absolute atomic E-state index is 13.0. The number of rotatable bonds is 3. The molecular weight excluding hydrogens is 271 g/mol. The van der Waals surface area contributed by atoms with Crippen LogP contribution in [0, 0.1) is 5.82 Å². The zero-order valence-electron chi connectivity index (χ0n) is 11.9. The van der Waals surface area contributed by atoms with E-state index in [-0.39, 0.29) is 11.4 Å². The Morgan fingerprint density at radius 3 is 2.67 bits per heavy atom. The first-order valence-electron chi connectivity index (χ1n) is 6.82. The van der Waals surface area contributed by atoms with Crippen LogP contribution in [0.4, 0.5) is 4.39 Å². The minimum absolute atomic E-state index is 0.239. The number of benzene rings is 1. The lowest BCUT2D eigenvalue weighted by atomic mass is 10.2. The Kier molecular flexibility index (Phi) is 3.29. The SMILES string of the molecule is CCCc1nn(C)c2c(=O)[nH]c(-c3ccc(F)cc3)nc12. The van der Waals surface area contributed by atoms with E-state index in [4.69, 9.17) is 0 Å². The van der Waals surface area contributed by atoms with Crippen molar-refractivity contribution in [1.29, 1.82) is 0 Å². The van der Waals surface area contributed by atoms with Gasteiger partial charge in [-0.1, -0.05) is 13.3 Å². The fourth-order valence-corrected chi connectivity index (χ4v) is 2.40. The van der Waals surface area contributed by atoms with Crippen molar-refractivity contribution in [3.63, 3.8) is 0 Å². The molecule has 6 heteroatoms. The highest BCUT2D eigenvalue weighted by Crippen LogP contribution is 2.19. The van der Waals surface area contributed by atoms with Crippen LogP contribution in [-0.4, -0.2) is 19.7 Å². The minimum atomic E-state index is -0.324. The largest absolute Gasteiger partial charge is 0.305 e. The Balaban J connectivity index is 2.24. The van der Waals surface area contributed by atoms with Crippen LogP contribution in [0.25, 0.3) is 22.4 Å². The molecule has 3 aromatic rings. The second kappa shape index (κ2) is 5.12. The van der Waals surface area contributed by atoms with Gasteiger partial charge in [0.1, 0.15) is 17.2 Å². The number of nitrogens with zero attached hydrogens (tertiary/aromatic N) is 3. The molecule has 0 unspecified atom stereocenters. The summed E-state index contributed by atoms with van der Waals surface area (Å²) in [6.07, 6.45) is 1.68. The first kappa shape index (κ1) is 13.5. The van der Waals surface area contributed by atoms with Crippen molar-refractivity contribution in [2.24, 2.45) is 7.05 Å². The van der Waals surface area contributed by atoms with Crippen LogP contribution in [0.5, 0.6) is 0 Å². The Labute approximate surface area is 120 Å². The van der Waals surface area contributed by atoms with Gasteiger partial charge in [-0.25, -0.2) is 9.37 Å². The average Bonchev–Trinajstić information content (AvgIpc) is 2.77. The molecule has 0 bridgehead atoms. The van der Waals surface area contributed by atoms with E-state index in [1.54, 1.807) is 23.9 Å². The maximum atomic E-state index is 13.0. The van der Waals surface area contributed by atoms with E-state index in [0.29, 0.717) is 22.4 Å². The summed E-state index contributed by atoms with van der Waals surface area (Å²) in [4.78, 5) is 19.5. The van der Waals surface area contributed by atoms with Crippen molar-refractivity contribution < 1.29 is 4.39 Å². The fraction of sp³-hybridized carbons (Fsp3) is 0.267. The van der Waals surface area contributed by atoms with Crippen LogP contribution in [0.15, 0.2) is 29.1 Å². The van der Waals surface area contributed by atoms with Crippen LogP contribution in [0.1, 0.15) is 19.0 Å². The highest BCUT2D eigenvalue weighted by molar-refractivity contribution is 5.78. The van der Waals surface area contributed by atoms with Gasteiger partial charge in [-0.15, -0.1) is 0 Å². The predicted octanol–water partition coefficient (Wildman–Crippen LogP) is 2.42. The van der Waals surface area contributed by atoms with Gasteiger partial charge in [0.05, 0.1) is 5.69 Å². The van der Waals surface area contributed by atoms with E-state index < -0.39 is 0 Å². The Hall–Kier alpha value is -2.50. The summed E-state index contributed by atoms with van der Waals surface area (Å²) in [7, 11) is 1.73. The van der Waals surface area contributed by atoms with Gasteiger partial charge < -0.3 is 4.98 Å². The van der Waals surface area contributed by atoms with Crippen LogP contribution in [0.3, 0.4) is 0 Å². The normalized spacial score (nSPS) is 11.2. The number of aryl methyl sites for hydroxylation is 2. The molecule has 0 aliphatic carbocycles. The molecule has 3 rings (SSSR count). The maximum Gasteiger partial charge on any atom is 0.277 e. The summed E-state index contributed by atoms with van der Waals surface area (Å²) in [6.45, 7) is 2.05. The van der Waals surface area contributed by atoms with Crippen molar-refractivity contribution in [3.8, 4) is 11.4 Å². The standard InChI is InChI=1S/C15H15FN4O/c1-3-4-11-12-13(20(2)19-11)15(21)18-14(17-12)9-5-7-10(16)8-6-9/h5-8H,3-4H2,1-2H3,(H,17,18,21). The molecule has 1 N–H and O–H groups in total. The van der Waals surface area contributed by atoms with Crippen molar-refractivity contribution >= 4 is 11.0 Å². The fourth-order valence-electron chi connectivity index (χ4n) is 2.40. The second-order valence-electron chi connectivity index (χ2n) is 4.94. The number of aromatic amines is 1. The van der Waals surface area contributed by atoms with Gasteiger partial charge in [-0.2, -0.15) is 5.10 Å². The lowest BCUT2D eigenvalue weighted by Crippen LogP contribution is -2.12. The van der Waals surface area contributed by atoms with Gasteiger partial charge in [-0.3, -0.25) is 9.48 Å². The molecule has 0 aliphatic heterocycles. The van der Waals surface area contributed by atoms with Gasteiger partial charge in [0, 0.05) is 12.6 Å². The third-order valence-corrected chi connectivity index (χ3v) is 3.37. The van der Waals surface area contributed by atoms with Crippen LogP contribution in [-0.2, 0) is 13.5 Å². The highest BCUT2D eigenvalue weighted by Gasteiger charge is 2.15. The number of nitrogens with one attached hydrogen (secondary N) is 1. The number of halogens is 1. The lowest BCUT2D eigenvalue weighted by Gasteiger charge is -2.02. The van der Waals surface area contributed by atoms with Gasteiger partial charge >= 0.3 is 0 Å². The summed E-state index contributed by atoms with van der Waals surface area (Å²) < 4.78 is 14.6. The molecule has 0 saturated heterocycles. The lowest BCUT2D eigenvalue weighted by molar-refractivity contribution is 0.628. The molecular formula is C15H15FN4O. The molecule has 2 aromatic heterocycles. The number of hydrogen-bond acceptors (Lipinski definition) is 3. The summed E-state index contributed by atoms with van der Waals surface area (Å²) in [6, 6.07) is 5.87. The van der Waals surface area contributed by atoms with E-state index in [1.807, 2.05) is 0 Å². The Morgan fingerprint density at radius 2 is 2.00 bits per heavy atom. The van der Waals surface area contributed by atoms with Crippen molar-refractivity contribution in [2.45, 2.75) is 19.8 Å². The monoisotopic (exact) mass is 286 g/mol. The molecule has 1 aromatic carbocycles. The molecule has 0 atom stereocenters. The van der Waals surface area contributed by atoms with Gasteiger partial charge in [0.2, 0.25) is 0 Å². The van der Waals surface area contributed by atoms with Crippen molar-refractivity contribution in [1.82, 2.24) is 19.7 Å². The molecule has 0 radical (unpaired) electrons. The minimum Gasteiger partial charge on any atom is -0.305 e. The predicted molar refractivity (Wildman–Crippen MR) is 78.5 cm³/mol. The molecule has 0 fully saturated rings. The highest BCUT2D eigenvalue weighted by atomic mass is 19.1. The first-order valence-corrected chi connectivity index (χ1v) is 6.82. The smallest absolute Gasteiger partial charge is 0.277 e. The molecule has 0 aliphatic rings. The summed E-state index contributed by atoms with van der Waals surface area (Å²) in [5.74, 6) is 0.105. The number of H-pyrrole nitrogens is 1. The molecule has 21 heavy (non-hydrogen) atoms. The molecule has 108 valence electrons. The van der Waals surface area contributed by atoms with Crippen LogP contribution < -0.4 is 5.56 Å². The molecule has 2 heterocycles. The van der Waals surface area contributed by atoms with Gasteiger partial charge in [0.15, 0.2) is 5.52 Å². The Morgan fingerprint density at radius 1 is 1.29 bits per heavy atom. The molecule has 0 saturated carbocycles. The summed E-state index contributed by atoms with van der Waals surface area (Å²) in [5.41, 5.74) is 2.31. The topological polar surface area (TPSA) is 63.6 Å². The third kappa shape index (κ3) is 2.33. The number of hydrogen-bond donors (Lipinski definition) is 1. The molecule has 0 spiro atoms. The number of aromatic nitrogens is 4. The van der Waals surface area contributed by atoms with Crippen LogP contribution >= 0.6 is 0 Å². The quantitative estimate of drug-likeness (QED) is 0.804. The Bertz CT molecular complexity index is 848. The van der Waals surface area contributed by atoms with E-state index >= 15 is 0 Å². The summed E-state index contributed by atoms with van der Waals surface area (Å²) >= 11 is 0. The average molecular weight is 286 g/mol. The van der Waals surface area contributed by atoms with Crippen molar-refractivity contribution in [2.75, 3.05) is 0 Å². The van der Waals surface area contributed by atoms with Gasteiger partial charge in [-0.05, 0) is 30.7 Å². The number of fused-ring (bicyclic) bond motifs is 1. The summed E-state index contributed by atoms with van der Waals surface area (Å²) in [5, 5.41) is 4.36. The van der Waals surface area contributed by atoms with Crippen LogP contribution in [0.2, 0.25) is 0 Å². The zero-order valence-corrected chi connectivity index (χ0v) is 11.9. The molecule has 5 nitrogen and oxygen atoms in total. The van der Waals surface area contributed by atoms with E-state index in [1.165, 1.54) is 12.1 Å². The van der Waals surface area contributed by atoms with Gasteiger partial charge in [0.25, 0.3) is 5.56 Å². The van der Waals surface area contributed by atoms with E-state index in [9.17, 15) is 9.18 Å². The second-order valence-corrected chi connectivity index (χ2v) is 4.94. The zero-order chi connectivity index (χ0) is 15.0. The van der Waals surface area contributed by atoms with E-state index in [2.05, 4.69) is 22.0 Å². The third-order valence-electron chi connectivity index (χ3n) is 3.37. The molecule has 0 amide bonds.